The number of hydrogen-bond acceptors (Lipinski definition) is 5. The highest BCUT2D eigenvalue weighted by Gasteiger charge is 2.23. The molecule has 0 aromatic heterocycles. The first-order valence-corrected chi connectivity index (χ1v) is 6.02. The van der Waals surface area contributed by atoms with Crippen LogP contribution in [0.25, 0.3) is 0 Å². The van der Waals surface area contributed by atoms with Gasteiger partial charge in [-0.2, -0.15) is 0 Å². The van der Waals surface area contributed by atoms with Crippen LogP contribution < -0.4 is 16.4 Å². The number of carbonyl (C=O) groups excluding carboxylic acids is 1. The van der Waals surface area contributed by atoms with Crippen molar-refractivity contribution in [3.05, 3.63) is 12.4 Å². The van der Waals surface area contributed by atoms with Gasteiger partial charge in [0, 0.05) is 6.54 Å². The molecule has 0 aliphatic heterocycles. The molecule has 0 aromatic carbocycles. The molecular weight excluding hydrogens is 250 g/mol. The average molecular weight is 273 g/mol. The highest BCUT2D eigenvalue weighted by Crippen LogP contribution is 2.07. The number of rotatable bonds is 7. The zero-order chi connectivity index (χ0) is 15.1. The third-order valence-electron chi connectivity index (χ3n) is 2.01. The van der Waals surface area contributed by atoms with Gasteiger partial charge in [-0.15, -0.1) is 0 Å². The van der Waals surface area contributed by atoms with Crippen LogP contribution in [-0.4, -0.2) is 35.4 Å². The van der Waals surface area contributed by atoms with Gasteiger partial charge in [0.1, 0.15) is 11.6 Å². The summed E-state index contributed by atoms with van der Waals surface area (Å²) in [6.07, 6.45) is 0.0637. The van der Waals surface area contributed by atoms with E-state index >= 15 is 0 Å². The van der Waals surface area contributed by atoms with Crippen molar-refractivity contribution in [3.8, 4) is 0 Å². The summed E-state index contributed by atoms with van der Waals surface area (Å²) in [4.78, 5) is 22.5. The molecule has 0 radical (unpaired) electrons. The number of carboxylic acid groups (broad SMARTS) is 1. The van der Waals surface area contributed by atoms with Gasteiger partial charge in [0.25, 0.3) is 0 Å². The summed E-state index contributed by atoms with van der Waals surface area (Å²) in [6, 6.07) is -0.984. The molecule has 7 nitrogen and oxygen atoms in total. The lowest BCUT2D eigenvalue weighted by molar-refractivity contribution is -0.139. The standard InChI is InChI=1S/C12H23N3O4/c1-8(13)14-7-5-6-9(10(16)17)15-11(18)19-12(2,3)4/h9,14H,1,5-7,13H2,2-4H3,(H,15,18)(H,16,17)/t9-/m0/s1. The average Bonchev–Trinajstić information content (AvgIpc) is 2.19. The van der Waals surface area contributed by atoms with Gasteiger partial charge in [-0.25, -0.2) is 9.59 Å². The second-order valence-electron chi connectivity index (χ2n) is 5.13. The Hall–Kier alpha value is -1.92. The van der Waals surface area contributed by atoms with E-state index in [1.165, 1.54) is 0 Å². The van der Waals surface area contributed by atoms with E-state index in [1.54, 1.807) is 20.8 Å². The quantitative estimate of drug-likeness (QED) is 0.509. The van der Waals surface area contributed by atoms with E-state index in [-0.39, 0.29) is 6.42 Å². The highest BCUT2D eigenvalue weighted by atomic mass is 16.6. The van der Waals surface area contributed by atoms with E-state index in [1.807, 2.05) is 0 Å². The number of nitrogens with one attached hydrogen (secondary N) is 2. The van der Waals surface area contributed by atoms with Crippen molar-refractivity contribution in [3.63, 3.8) is 0 Å². The lowest BCUT2D eigenvalue weighted by Gasteiger charge is -2.22. The molecule has 0 spiro atoms. The number of aliphatic carboxylic acids is 1. The lowest BCUT2D eigenvalue weighted by Crippen LogP contribution is -2.43. The molecule has 0 heterocycles. The largest absolute Gasteiger partial charge is 0.480 e. The maximum Gasteiger partial charge on any atom is 0.408 e. The van der Waals surface area contributed by atoms with Crippen molar-refractivity contribution in [2.45, 2.75) is 45.3 Å². The predicted octanol–water partition coefficient (Wildman–Crippen LogP) is 0.764. The molecule has 110 valence electrons. The number of amides is 1. The fourth-order valence-electron chi connectivity index (χ4n) is 1.26. The minimum Gasteiger partial charge on any atom is -0.480 e. The number of carboxylic acids is 1. The van der Waals surface area contributed by atoms with Crippen LogP contribution >= 0.6 is 0 Å². The van der Waals surface area contributed by atoms with Crippen molar-refractivity contribution in [1.82, 2.24) is 10.6 Å². The maximum absolute atomic E-state index is 11.5. The minimum atomic E-state index is -1.10. The molecule has 0 saturated carbocycles. The summed E-state index contributed by atoms with van der Waals surface area (Å²) in [6.45, 7) is 9.07. The van der Waals surface area contributed by atoms with E-state index in [9.17, 15) is 9.59 Å². The fourth-order valence-corrected chi connectivity index (χ4v) is 1.26. The Morgan fingerprint density at radius 1 is 1.42 bits per heavy atom. The minimum absolute atomic E-state index is 0.273. The number of alkyl carbamates (subject to hydrolysis) is 1. The first kappa shape index (κ1) is 17.1. The lowest BCUT2D eigenvalue weighted by atomic mass is 10.1. The topological polar surface area (TPSA) is 114 Å². The van der Waals surface area contributed by atoms with E-state index in [2.05, 4.69) is 17.2 Å². The molecule has 0 aliphatic carbocycles. The Balaban J connectivity index is 4.16. The van der Waals surface area contributed by atoms with Gasteiger partial charge in [0.2, 0.25) is 0 Å². The van der Waals surface area contributed by atoms with Crippen molar-refractivity contribution >= 4 is 12.1 Å². The smallest absolute Gasteiger partial charge is 0.408 e. The van der Waals surface area contributed by atoms with Gasteiger partial charge in [0.15, 0.2) is 0 Å². The fraction of sp³-hybridized carbons (Fsp3) is 0.667. The van der Waals surface area contributed by atoms with E-state index in [0.717, 1.165) is 0 Å². The van der Waals surface area contributed by atoms with Gasteiger partial charge in [-0.3, -0.25) is 0 Å². The summed E-state index contributed by atoms with van der Waals surface area (Å²) in [5.41, 5.74) is 4.65. The second kappa shape index (κ2) is 7.50. The normalized spacial score (nSPS) is 12.4. The van der Waals surface area contributed by atoms with Gasteiger partial charge < -0.3 is 26.2 Å². The number of carbonyl (C=O) groups is 2. The summed E-state index contributed by atoms with van der Waals surface area (Å²) >= 11 is 0. The van der Waals surface area contributed by atoms with Crippen molar-refractivity contribution in [2.75, 3.05) is 6.54 Å². The van der Waals surface area contributed by atoms with Gasteiger partial charge >= 0.3 is 12.1 Å². The van der Waals surface area contributed by atoms with Crippen LogP contribution in [0.15, 0.2) is 12.4 Å². The molecule has 0 saturated heterocycles. The van der Waals surface area contributed by atoms with Crippen LogP contribution in [-0.2, 0) is 9.53 Å². The Morgan fingerprint density at radius 3 is 2.42 bits per heavy atom. The molecule has 0 fully saturated rings. The molecule has 0 unspecified atom stereocenters. The molecule has 1 atom stereocenters. The molecule has 0 rings (SSSR count). The monoisotopic (exact) mass is 273 g/mol. The predicted molar refractivity (Wildman–Crippen MR) is 71.4 cm³/mol. The van der Waals surface area contributed by atoms with Crippen LogP contribution in [0.1, 0.15) is 33.6 Å². The molecule has 5 N–H and O–H groups in total. The van der Waals surface area contributed by atoms with Gasteiger partial charge in [0.05, 0.1) is 5.82 Å². The van der Waals surface area contributed by atoms with Crippen molar-refractivity contribution in [2.24, 2.45) is 5.73 Å². The maximum atomic E-state index is 11.5. The summed E-state index contributed by atoms with van der Waals surface area (Å²) < 4.78 is 5.00. The number of ether oxygens (including phenoxy) is 1. The van der Waals surface area contributed by atoms with Crippen LogP contribution in [0.5, 0.6) is 0 Å². The first-order valence-electron chi connectivity index (χ1n) is 6.02. The van der Waals surface area contributed by atoms with Crippen LogP contribution in [0.2, 0.25) is 0 Å². The third kappa shape index (κ3) is 9.75. The van der Waals surface area contributed by atoms with Crippen LogP contribution in [0, 0.1) is 0 Å². The zero-order valence-corrected chi connectivity index (χ0v) is 11.7. The van der Waals surface area contributed by atoms with E-state index in [0.29, 0.717) is 18.8 Å². The Morgan fingerprint density at radius 2 is 2.00 bits per heavy atom. The SMILES string of the molecule is C=C(N)NCCC[C@H](NC(=O)OC(C)(C)C)C(=O)O. The summed E-state index contributed by atoms with van der Waals surface area (Å²) in [7, 11) is 0. The highest BCUT2D eigenvalue weighted by molar-refractivity contribution is 5.79. The summed E-state index contributed by atoms with van der Waals surface area (Å²) in [5, 5.41) is 14.1. The molecule has 1 amide bonds. The number of hydrogen-bond donors (Lipinski definition) is 4. The van der Waals surface area contributed by atoms with Crippen LogP contribution in [0.4, 0.5) is 4.79 Å². The molecule has 0 aromatic rings. The van der Waals surface area contributed by atoms with Crippen LogP contribution in [0.3, 0.4) is 0 Å². The molecule has 0 bridgehead atoms. The Kier molecular flexibility index (Phi) is 6.74. The molecular formula is C12H23N3O4. The second-order valence-corrected chi connectivity index (χ2v) is 5.13. The summed E-state index contributed by atoms with van der Waals surface area (Å²) in [5.74, 6) is -0.774. The third-order valence-corrected chi connectivity index (χ3v) is 2.01. The number of nitrogens with two attached hydrogens (primary N) is 1. The molecule has 7 heteroatoms. The van der Waals surface area contributed by atoms with E-state index < -0.39 is 23.7 Å². The molecule has 19 heavy (non-hydrogen) atoms. The van der Waals surface area contributed by atoms with Crippen molar-refractivity contribution in [1.29, 1.82) is 0 Å². The Bertz CT molecular complexity index is 336. The van der Waals surface area contributed by atoms with Gasteiger partial charge in [-0.05, 0) is 33.6 Å². The first-order chi connectivity index (χ1) is 8.61. The zero-order valence-electron chi connectivity index (χ0n) is 11.7. The molecule has 0 aliphatic rings. The van der Waals surface area contributed by atoms with Crippen molar-refractivity contribution < 1.29 is 19.4 Å². The van der Waals surface area contributed by atoms with Gasteiger partial charge in [-0.1, -0.05) is 6.58 Å². The van der Waals surface area contributed by atoms with E-state index in [4.69, 9.17) is 15.6 Å². The Labute approximate surface area is 113 Å².